The molecule has 0 aliphatic heterocycles. The lowest BCUT2D eigenvalue weighted by atomic mass is 10.3. The van der Waals surface area contributed by atoms with Crippen LogP contribution in [0, 0.1) is 14.9 Å². The van der Waals surface area contributed by atoms with Gasteiger partial charge in [-0.2, -0.15) is 5.26 Å². The summed E-state index contributed by atoms with van der Waals surface area (Å²) in [5.74, 6) is 0.787. The summed E-state index contributed by atoms with van der Waals surface area (Å²) < 4.78 is 6.41. The van der Waals surface area contributed by atoms with E-state index < -0.39 is 0 Å². The number of hydrogen-bond acceptors (Lipinski definition) is 3. The van der Waals surface area contributed by atoms with Gasteiger partial charge in [0.05, 0.1) is 9.67 Å². The highest BCUT2D eigenvalue weighted by Gasteiger charge is 2.24. The van der Waals surface area contributed by atoms with E-state index >= 15 is 0 Å². The molecule has 0 atom stereocenters. The van der Waals surface area contributed by atoms with Gasteiger partial charge in [0.15, 0.2) is 5.69 Å². The molecule has 1 saturated carbocycles. The van der Waals surface area contributed by atoms with Crippen LogP contribution in [0.3, 0.4) is 0 Å². The Morgan fingerprint density at radius 2 is 2.38 bits per heavy atom. The molecule has 0 N–H and O–H groups in total. The lowest BCUT2D eigenvalue weighted by Crippen LogP contribution is -2.00. The Bertz CT molecular complexity index is 368. The summed E-state index contributed by atoms with van der Waals surface area (Å²) in [6, 6.07) is 3.84. The van der Waals surface area contributed by atoms with Gasteiger partial charge in [0.25, 0.3) is 0 Å². The van der Waals surface area contributed by atoms with Crippen LogP contribution in [0.25, 0.3) is 0 Å². The van der Waals surface area contributed by atoms with Crippen molar-refractivity contribution in [2.24, 2.45) is 0 Å². The molecule has 1 aromatic heterocycles. The number of aromatic nitrogens is 1. The fourth-order valence-corrected chi connectivity index (χ4v) is 1.53. The molecule has 0 saturated heterocycles. The third kappa shape index (κ3) is 1.91. The smallest absolute Gasteiger partial charge is 0.157 e. The van der Waals surface area contributed by atoms with Crippen molar-refractivity contribution in [3.8, 4) is 11.8 Å². The monoisotopic (exact) mass is 286 g/mol. The lowest BCUT2D eigenvalue weighted by molar-refractivity contribution is 0.300. The van der Waals surface area contributed by atoms with Gasteiger partial charge in [0.1, 0.15) is 11.8 Å². The summed E-state index contributed by atoms with van der Waals surface area (Å²) in [4.78, 5) is 3.94. The average Bonchev–Trinajstić information content (AvgIpc) is 2.92. The number of nitriles is 1. The standard InChI is InChI=1S/C9H7IN2O/c10-9-7(5-11)12-4-3-8(9)13-6-1-2-6/h3-4,6H,1-2H2. The van der Waals surface area contributed by atoms with Gasteiger partial charge in [-0.15, -0.1) is 0 Å². The van der Waals surface area contributed by atoms with Crippen LogP contribution in [0.2, 0.25) is 0 Å². The van der Waals surface area contributed by atoms with Gasteiger partial charge in [-0.05, 0) is 41.5 Å². The average molecular weight is 286 g/mol. The van der Waals surface area contributed by atoms with Crippen molar-refractivity contribution in [3.63, 3.8) is 0 Å². The van der Waals surface area contributed by atoms with E-state index in [9.17, 15) is 0 Å². The molecule has 1 fully saturated rings. The van der Waals surface area contributed by atoms with Crippen LogP contribution in [0.4, 0.5) is 0 Å². The Labute approximate surface area is 89.9 Å². The van der Waals surface area contributed by atoms with Crippen LogP contribution in [0.5, 0.6) is 5.75 Å². The van der Waals surface area contributed by atoms with Crippen LogP contribution in [-0.2, 0) is 0 Å². The zero-order valence-electron chi connectivity index (χ0n) is 6.83. The Morgan fingerprint density at radius 3 is 3.00 bits per heavy atom. The van der Waals surface area contributed by atoms with Crippen molar-refractivity contribution < 1.29 is 4.74 Å². The van der Waals surface area contributed by atoms with Crippen LogP contribution < -0.4 is 4.74 Å². The zero-order chi connectivity index (χ0) is 9.26. The van der Waals surface area contributed by atoms with Crippen molar-refractivity contribution in [3.05, 3.63) is 21.5 Å². The summed E-state index contributed by atoms with van der Waals surface area (Å²) in [7, 11) is 0. The molecule has 1 aliphatic rings. The van der Waals surface area contributed by atoms with Crippen molar-refractivity contribution in [1.29, 1.82) is 5.26 Å². The second-order valence-corrected chi connectivity index (χ2v) is 3.98. The van der Waals surface area contributed by atoms with Crippen LogP contribution in [0.15, 0.2) is 12.3 Å². The van der Waals surface area contributed by atoms with Crippen LogP contribution in [0.1, 0.15) is 18.5 Å². The SMILES string of the molecule is N#Cc1nccc(OC2CC2)c1I. The highest BCUT2D eigenvalue weighted by atomic mass is 127. The maximum atomic E-state index is 8.72. The highest BCUT2D eigenvalue weighted by Crippen LogP contribution is 2.30. The molecule has 1 aliphatic carbocycles. The summed E-state index contributed by atoms with van der Waals surface area (Å²) in [6.45, 7) is 0. The van der Waals surface area contributed by atoms with E-state index in [1.54, 1.807) is 12.3 Å². The first kappa shape index (κ1) is 8.75. The number of halogens is 1. The molecular formula is C9H7IN2O. The van der Waals surface area contributed by atoms with Gasteiger partial charge >= 0.3 is 0 Å². The third-order valence-corrected chi connectivity index (χ3v) is 2.82. The van der Waals surface area contributed by atoms with Crippen molar-refractivity contribution in [2.75, 3.05) is 0 Å². The number of ether oxygens (including phenoxy) is 1. The van der Waals surface area contributed by atoms with Gasteiger partial charge in [-0.1, -0.05) is 0 Å². The minimum Gasteiger partial charge on any atom is -0.489 e. The number of nitrogens with zero attached hydrogens (tertiary/aromatic N) is 2. The normalized spacial score (nSPS) is 15.1. The van der Waals surface area contributed by atoms with E-state index in [1.807, 2.05) is 6.07 Å². The molecule has 66 valence electrons. The lowest BCUT2D eigenvalue weighted by Gasteiger charge is -2.06. The molecule has 1 heterocycles. The van der Waals surface area contributed by atoms with E-state index in [0.29, 0.717) is 11.8 Å². The molecular weight excluding hydrogens is 279 g/mol. The number of hydrogen-bond donors (Lipinski definition) is 0. The minimum absolute atomic E-state index is 0.363. The minimum atomic E-state index is 0.363. The first-order valence-corrected chi connectivity index (χ1v) is 5.10. The second-order valence-electron chi connectivity index (χ2n) is 2.90. The molecule has 0 bridgehead atoms. The molecule has 3 nitrogen and oxygen atoms in total. The van der Waals surface area contributed by atoms with Crippen molar-refractivity contribution in [2.45, 2.75) is 18.9 Å². The van der Waals surface area contributed by atoms with Gasteiger partial charge in [-0.25, -0.2) is 4.98 Å². The molecule has 0 radical (unpaired) electrons. The Kier molecular flexibility index (Phi) is 2.36. The molecule has 0 amide bonds. The predicted molar refractivity (Wildman–Crippen MR) is 55.3 cm³/mol. The fourth-order valence-electron chi connectivity index (χ4n) is 0.960. The van der Waals surface area contributed by atoms with Crippen LogP contribution in [-0.4, -0.2) is 11.1 Å². The quantitative estimate of drug-likeness (QED) is 0.782. The first-order chi connectivity index (χ1) is 6.31. The maximum Gasteiger partial charge on any atom is 0.157 e. The second kappa shape index (κ2) is 3.50. The number of rotatable bonds is 2. The van der Waals surface area contributed by atoms with Gasteiger partial charge < -0.3 is 4.74 Å². The molecule has 0 aromatic carbocycles. The van der Waals surface area contributed by atoms with Gasteiger partial charge in [-0.3, -0.25) is 0 Å². The summed E-state index contributed by atoms with van der Waals surface area (Å²) in [5, 5.41) is 8.72. The topological polar surface area (TPSA) is 45.9 Å². The van der Waals surface area contributed by atoms with E-state index in [2.05, 4.69) is 27.6 Å². The largest absolute Gasteiger partial charge is 0.489 e. The Balaban J connectivity index is 2.28. The molecule has 2 rings (SSSR count). The molecule has 4 heteroatoms. The molecule has 0 unspecified atom stereocenters. The van der Waals surface area contributed by atoms with E-state index in [0.717, 1.165) is 22.2 Å². The zero-order valence-corrected chi connectivity index (χ0v) is 8.98. The van der Waals surface area contributed by atoms with Crippen LogP contribution >= 0.6 is 22.6 Å². The molecule has 1 aromatic rings. The van der Waals surface area contributed by atoms with Crippen molar-refractivity contribution >= 4 is 22.6 Å². The Morgan fingerprint density at radius 1 is 1.62 bits per heavy atom. The number of pyridine rings is 1. The summed E-state index contributed by atoms with van der Waals surface area (Å²) >= 11 is 2.09. The van der Waals surface area contributed by atoms with Gasteiger partial charge in [0.2, 0.25) is 0 Å². The van der Waals surface area contributed by atoms with Crippen molar-refractivity contribution in [1.82, 2.24) is 4.98 Å². The van der Waals surface area contributed by atoms with E-state index in [-0.39, 0.29) is 0 Å². The molecule has 13 heavy (non-hydrogen) atoms. The van der Waals surface area contributed by atoms with E-state index in [4.69, 9.17) is 10.00 Å². The Hall–Kier alpha value is -0.830. The summed E-state index contributed by atoms with van der Waals surface area (Å²) in [5.41, 5.74) is 0.443. The van der Waals surface area contributed by atoms with Gasteiger partial charge in [0, 0.05) is 6.20 Å². The third-order valence-electron chi connectivity index (χ3n) is 1.78. The maximum absolute atomic E-state index is 8.72. The van der Waals surface area contributed by atoms with E-state index in [1.165, 1.54) is 0 Å². The summed E-state index contributed by atoms with van der Waals surface area (Å²) in [6.07, 6.45) is 4.22. The fraction of sp³-hybridized carbons (Fsp3) is 0.333. The highest BCUT2D eigenvalue weighted by molar-refractivity contribution is 14.1. The molecule has 0 spiro atoms. The predicted octanol–water partition coefficient (Wildman–Crippen LogP) is 2.10. The first-order valence-electron chi connectivity index (χ1n) is 4.02.